The molecule has 1 aliphatic carbocycles. The minimum absolute atomic E-state index is 0.448. The summed E-state index contributed by atoms with van der Waals surface area (Å²) in [6.45, 7) is 4.38. The Morgan fingerprint density at radius 3 is 2.75 bits per heavy atom. The third-order valence-electron chi connectivity index (χ3n) is 4.18. The van der Waals surface area contributed by atoms with Crippen LogP contribution in [0.1, 0.15) is 51.5 Å². The summed E-state index contributed by atoms with van der Waals surface area (Å²) in [4.78, 5) is 1.09. The maximum Gasteiger partial charge on any atom is 0.102 e. The lowest BCUT2D eigenvalue weighted by Crippen LogP contribution is -2.28. The lowest BCUT2D eigenvalue weighted by Gasteiger charge is -2.29. The molecule has 2 rings (SSSR count). The average molecular weight is 288 g/mol. The molecule has 1 fully saturated rings. The van der Waals surface area contributed by atoms with Gasteiger partial charge in [-0.2, -0.15) is 5.26 Å². The molecule has 0 saturated heterocycles. The van der Waals surface area contributed by atoms with Crippen LogP contribution in [-0.2, 0) is 0 Å². The van der Waals surface area contributed by atoms with E-state index in [1.165, 1.54) is 32.1 Å². The fourth-order valence-electron chi connectivity index (χ4n) is 3.04. The van der Waals surface area contributed by atoms with E-state index >= 15 is 0 Å². The van der Waals surface area contributed by atoms with Crippen molar-refractivity contribution in [2.45, 2.75) is 56.9 Å². The van der Waals surface area contributed by atoms with Gasteiger partial charge < -0.3 is 5.32 Å². The van der Waals surface area contributed by atoms with Crippen molar-refractivity contribution in [1.82, 2.24) is 0 Å². The molecule has 0 bridgehead atoms. The van der Waals surface area contributed by atoms with Crippen molar-refractivity contribution in [2.24, 2.45) is 5.92 Å². The van der Waals surface area contributed by atoms with Crippen LogP contribution in [0.4, 0.5) is 5.69 Å². The summed E-state index contributed by atoms with van der Waals surface area (Å²) >= 11 is 1.74. The van der Waals surface area contributed by atoms with Crippen LogP contribution in [0.3, 0.4) is 0 Å². The monoisotopic (exact) mass is 288 g/mol. The molecule has 2 nitrogen and oxygen atoms in total. The maximum absolute atomic E-state index is 9.45. The molecular formula is C17H24N2S. The number of thioether (sulfide) groups is 1. The number of nitriles is 1. The topological polar surface area (TPSA) is 35.8 Å². The summed E-state index contributed by atoms with van der Waals surface area (Å²) in [6.07, 6.45) is 6.73. The van der Waals surface area contributed by atoms with Crippen LogP contribution in [0, 0.1) is 17.2 Å². The van der Waals surface area contributed by atoms with Crippen molar-refractivity contribution in [1.29, 1.82) is 5.26 Å². The molecule has 0 radical (unpaired) electrons. The first kappa shape index (κ1) is 15.3. The number of benzene rings is 1. The SMILES string of the molecule is CCSc1cccc(NC(C)C2CCCCC2)c1C#N. The second-order valence-electron chi connectivity index (χ2n) is 5.55. The first-order chi connectivity index (χ1) is 9.76. The third kappa shape index (κ3) is 3.70. The first-order valence-electron chi connectivity index (χ1n) is 7.68. The molecule has 1 unspecified atom stereocenters. The summed E-state index contributed by atoms with van der Waals surface area (Å²) in [6, 6.07) is 8.96. The van der Waals surface area contributed by atoms with Gasteiger partial charge in [0.05, 0.1) is 11.3 Å². The molecule has 3 heteroatoms. The van der Waals surface area contributed by atoms with E-state index in [0.717, 1.165) is 27.8 Å². The number of anilines is 1. The molecule has 1 aromatic rings. The van der Waals surface area contributed by atoms with Gasteiger partial charge in [0.2, 0.25) is 0 Å². The van der Waals surface area contributed by atoms with Crippen LogP contribution < -0.4 is 5.32 Å². The quantitative estimate of drug-likeness (QED) is 0.770. The lowest BCUT2D eigenvalue weighted by molar-refractivity contribution is 0.328. The predicted octanol–water partition coefficient (Wildman–Crippen LogP) is 5.05. The van der Waals surface area contributed by atoms with E-state index in [1.807, 2.05) is 12.1 Å². The summed E-state index contributed by atoms with van der Waals surface area (Å²) in [5.41, 5.74) is 1.81. The second-order valence-corrected chi connectivity index (χ2v) is 6.86. The zero-order chi connectivity index (χ0) is 14.4. The molecule has 0 spiro atoms. The van der Waals surface area contributed by atoms with Gasteiger partial charge >= 0.3 is 0 Å². The Morgan fingerprint density at radius 2 is 2.10 bits per heavy atom. The molecule has 0 heterocycles. The highest BCUT2D eigenvalue weighted by Gasteiger charge is 2.21. The van der Waals surface area contributed by atoms with Crippen molar-refractivity contribution < 1.29 is 0 Å². The Morgan fingerprint density at radius 1 is 1.35 bits per heavy atom. The normalized spacial score (nSPS) is 17.4. The van der Waals surface area contributed by atoms with Crippen LogP contribution in [0.2, 0.25) is 0 Å². The third-order valence-corrected chi connectivity index (χ3v) is 5.12. The summed E-state index contributed by atoms with van der Waals surface area (Å²) < 4.78 is 0. The zero-order valence-electron chi connectivity index (χ0n) is 12.5. The van der Waals surface area contributed by atoms with Gasteiger partial charge in [-0.15, -0.1) is 11.8 Å². The van der Waals surface area contributed by atoms with Gasteiger partial charge in [0, 0.05) is 10.9 Å². The van der Waals surface area contributed by atoms with Gasteiger partial charge in [-0.1, -0.05) is 32.3 Å². The van der Waals surface area contributed by atoms with Crippen molar-refractivity contribution >= 4 is 17.4 Å². The highest BCUT2D eigenvalue weighted by atomic mass is 32.2. The summed E-state index contributed by atoms with van der Waals surface area (Å²) in [5.74, 6) is 1.74. The number of hydrogen-bond acceptors (Lipinski definition) is 3. The number of nitrogens with one attached hydrogen (secondary N) is 1. The predicted molar refractivity (Wildman–Crippen MR) is 87.2 cm³/mol. The molecule has 108 valence electrons. The van der Waals surface area contributed by atoms with E-state index in [9.17, 15) is 5.26 Å². The van der Waals surface area contributed by atoms with Crippen molar-refractivity contribution in [3.8, 4) is 6.07 Å². The van der Waals surface area contributed by atoms with E-state index in [-0.39, 0.29) is 0 Å². The summed E-state index contributed by atoms with van der Waals surface area (Å²) in [5, 5.41) is 13.0. The number of rotatable bonds is 5. The molecular weight excluding hydrogens is 264 g/mol. The van der Waals surface area contributed by atoms with Crippen molar-refractivity contribution in [3.63, 3.8) is 0 Å². The minimum Gasteiger partial charge on any atom is -0.381 e. The van der Waals surface area contributed by atoms with Gasteiger partial charge in [0.25, 0.3) is 0 Å². The Hall–Kier alpha value is -1.14. The van der Waals surface area contributed by atoms with Crippen LogP contribution in [0.25, 0.3) is 0 Å². The van der Waals surface area contributed by atoms with Crippen LogP contribution >= 0.6 is 11.8 Å². The second kappa shape index (κ2) is 7.59. The van der Waals surface area contributed by atoms with E-state index in [0.29, 0.717) is 6.04 Å². The summed E-state index contributed by atoms with van der Waals surface area (Å²) in [7, 11) is 0. The molecule has 1 saturated carbocycles. The van der Waals surface area contributed by atoms with E-state index in [4.69, 9.17) is 0 Å². The lowest BCUT2D eigenvalue weighted by atomic mass is 9.84. The molecule has 1 aliphatic rings. The van der Waals surface area contributed by atoms with Crippen molar-refractivity contribution in [2.75, 3.05) is 11.1 Å². The molecule has 1 N–H and O–H groups in total. The van der Waals surface area contributed by atoms with Gasteiger partial charge in [-0.05, 0) is 43.6 Å². The zero-order valence-corrected chi connectivity index (χ0v) is 13.3. The van der Waals surface area contributed by atoms with Crippen LogP contribution in [-0.4, -0.2) is 11.8 Å². The van der Waals surface area contributed by atoms with Gasteiger partial charge in [-0.25, -0.2) is 0 Å². The highest BCUT2D eigenvalue weighted by Crippen LogP contribution is 2.31. The van der Waals surface area contributed by atoms with Crippen LogP contribution in [0.5, 0.6) is 0 Å². The fraction of sp³-hybridized carbons (Fsp3) is 0.588. The smallest absolute Gasteiger partial charge is 0.102 e. The highest BCUT2D eigenvalue weighted by molar-refractivity contribution is 7.99. The first-order valence-corrected chi connectivity index (χ1v) is 8.67. The largest absolute Gasteiger partial charge is 0.381 e. The van der Waals surface area contributed by atoms with Gasteiger partial charge in [0.1, 0.15) is 6.07 Å². The maximum atomic E-state index is 9.45. The van der Waals surface area contributed by atoms with Crippen LogP contribution in [0.15, 0.2) is 23.1 Å². The Kier molecular flexibility index (Phi) is 5.79. The molecule has 1 atom stereocenters. The Labute approximate surface area is 127 Å². The van der Waals surface area contributed by atoms with E-state index < -0.39 is 0 Å². The molecule has 0 aliphatic heterocycles. The van der Waals surface area contributed by atoms with E-state index in [2.05, 4.69) is 31.3 Å². The van der Waals surface area contributed by atoms with Crippen molar-refractivity contribution in [3.05, 3.63) is 23.8 Å². The number of hydrogen-bond donors (Lipinski definition) is 1. The van der Waals surface area contributed by atoms with Gasteiger partial charge in [0.15, 0.2) is 0 Å². The van der Waals surface area contributed by atoms with Gasteiger partial charge in [-0.3, -0.25) is 0 Å². The standard InChI is InChI=1S/C17H24N2S/c1-3-20-17-11-7-10-16(15(17)12-18)19-13(2)14-8-5-4-6-9-14/h7,10-11,13-14,19H,3-6,8-9H2,1-2H3. The van der Waals surface area contributed by atoms with E-state index in [1.54, 1.807) is 11.8 Å². The Balaban J connectivity index is 2.12. The molecule has 0 amide bonds. The average Bonchev–Trinajstić information content (AvgIpc) is 2.49. The fourth-order valence-corrected chi connectivity index (χ4v) is 3.83. The Bertz CT molecular complexity index is 472. The minimum atomic E-state index is 0.448. The molecule has 1 aromatic carbocycles. The molecule has 0 aromatic heterocycles. The number of nitrogens with zero attached hydrogens (tertiary/aromatic N) is 1. The molecule has 20 heavy (non-hydrogen) atoms.